The zero-order valence-electron chi connectivity index (χ0n) is 19.5. The number of hydrogen-bond donors (Lipinski definition) is 2. The smallest absolute Gasteiger partial charge is 0.240 e. The fourth-order valence-corrected chi connectivity index (χ4v) is 6.08. The summed E-state index contributed by atoms with van der Waals surface area (Å²) >= 11 is 0. The van der Waals surface area contributed by atoms with Crippen molar-refractivity contribution in [2.24, 2.45) is 0 Å². The van der Waals surface area contributed by atoms with Gasteiger partial charge in [0.1, 0.15) is 0 Å². The maximum atomic E-state index is 13.2. The second-order valence-corrected chi connectivity index (χ2v) is 10.8. The van der Waals surface area contributed by atoms with Crippen molar-refractivity contribution in [1.82, 2.24) is 19.1 Å². The number of hydrogen-bond acceptors (Lipinski definition) is 5. The van der Waals surface area contributed by atoms with Gasteiger partial charge in [0.05, 0.1) is 22.5 Å². The van der Waals surface area contributed by atoms with Crippen LogP contribution in [0.3, 0.4) is 0 Å². The average molecular weight is 476 g/mol. The second-order valence-electron chi connectivity index (χ2n) is 9.10. The number of imidazole rings is 1. The number of benzene rings is 2. The summed E-state index contributed by atoms with van der Waals surface area (Å²) < 4.78 is 31.1. The number of aromatic nitrogens is 3. The van der Waals surface area contributed by atoms with Crippen LogP contribution in [0, 0.1) is 13.8 Å². The molecular formula is C26H29N5O2S. The van der Waals surface area contributed by atoms with E-state index >= 15 is 0 Å². The lowest BCUT2D eigenvalue weighted by atomic mass is 9.96. The highest BCUT2D eigenvalue weighted by Crippen LogP contribution is 2.31. The monoisotopic (exact) mass is 475 g/mol. The minimum Gasteiger partial charge on any atom is -0.381 e. The molecule has 0 atom stereocenters. The fourth-order valence-electron chi connectivity index (χ4n) is 4.75. The number of aryl methyl sites for hydroxylation is 2. The zero-order valence-corrected chi connectivity index (χ0v) is 20.3. The third kappa shape index (κ3) is 4.19. The molecule has 7 nitrogen and oxygen atoms in total. The average Bonchev–Trinajstić information content (AvgIpc) is 3.24. The van der Waals surface area contributed by atoms with Crippen molar-refractivity contribution in [1.29, 1.82) is 0 Å². The van der Waals surface area contributed by atoms with Gasteiger partial charge in [-0.2, -0.15) is 0 Å². The van der Waals surface area contributed by atoms with Crippen LogP contribution in [0.2, 0.25) is 0 Å². The Morgan fingerprint density at radius 3 is 2.50 bits per heavy atom. The first kappa shape index (κ1) is 22.6. The van der Waals surface area contributed by atoms with Crippen LogP contribution in [0.1, 0.15) is 43.2 Å². The molecule has 0 saturated heterocycles. The van der Waals surface area contributed by atoms with Gasteiger partial charge in [-0.25, -0.2) is 23.1 Å². The summed E-state index contributed by atoms with van der Waals surface area (Å²) in [6, 6.07) is 13.2. The summed E-state index contributed by atoms with van der Waals surface area (Å²) in [5.74, 6) is 0.326. The Labute approximate surface area is 200 Å². The summed E-state index contributed by atoms with van der Waals surface area (Å²) in [5.41, 5.74) is 12.1. The fraction of sp³-hybridized carbons (Fsp3) is 0.308. The Morgan fingerprint density at radius 2 is 1.74 bits per heavy atom. The summed E-state index contributed by atoms with van der Waals surface area (Å²) in [6.45, 7) is 4.00. The van der Waals surface area contributed by atoms with Gasteiger partial charge in [-0.15, -0.1) is 0 Å². The number of fused-ring (bicyclic) bond motifs is 1. The Balaban J connectivity index is 1.59. The molecule has 1 aliphatic rings. The maximum absolute atomic E-state index is 13.2. The normalized spacial score (nSPS) is 15.1. The van der Waals surface area contributed by atoms with Crippen LogP contribution in [0.25, 0.3) is 28.2 Å². The lowest BCUT2D eigenvalue weighted by molar-refractivity contribution is 0.412. The molecule has 1 fully saturated rings. The molecule has 2 heterocycles. The number of rotatable bonds is 5. The molecule has 3 N–H and O–H groups in total. The van der Waals surface area contributed by atoms with Crippen molar-refractivity contribution >= 4 is 21.5 Å². The Morgan fingerprint density at radius 1 is 1.00 bits per heavy atom. The minimum absolute atomic E-state index is 0.00171. The third-order valence-corrected chi connectivity index (χ3v) is 8.18. The van der Waals surface area contributed by atoms with Gasteiger partial charge in [0.2, 0.25) is 10.0 Å². The zero-order chi connectivity index (χ0) is 23.9. The number of nitrogens with zero attached hydrogens (tertiary/aromatic N) is 3. The van der Waals surface area contributed by atoms with Gasteiger partial charge in [0, 0.05) is 23.4 Å². The van der Waals surface area contributed by atoms with E-state index in [1.165, 1.54) is 6.42 Å². The van der Waals surface area contributed by atoms with Crippen molar-refractivity contribution in [2.45, 2.75) is 56.9 Å². The van der Waals surface area contributed by atoms with Crippen molar-refractivity contribution in [2.75, 3.05) is 5.73 Å². The molecule has 1 aliphatic carbocycles. The van der Waals surface area contributed by atoms with Crippen LogP contribution in [0.5, 0.6) is 0 Å². The molecule has 1 saturated carbocycles. The summed E-state index contributed by atoms with van der Waals surface area (Å²) in [4.78, 5) is 9.32. The highest BCUT2D eigenvalue weighted by atomic mass is 32.2. The number of anilines is 1. The number of nitrogens with two attached hydrogens (primary N) is 1. The molecule has 0 bridgehead atoms. The van der Waals surface area contributed by atoms with Gasteiger partial charge >= 0.3 is 0 Å². The summed E-state index contributed by atoms with van der Waals surface area (Å²) in [7, 11) is -3.63. The van der Waals surface area contributed by atoms with Gasteiger partial charge in [0.25, 0.3) is 0 Å². The van der Waals surface area contributed by atoms with E-state index < -0.39 is 10.0 Å². The first-order valence-corrected chi connectivity index (χ1v) is 13.1. The molecule has 34 heavy (non-hydrogen) atoms. The minimum atomic E-state index is -3.63. The van der Waals surface area contributed by atoms with Gasteiger partial charge in [0.15, 0.2) is 11.5 Å². The Kier molecular flexibility index (Phi) is 5.87. The highest BCUT2D eigenvalue weighted by Gasteiger charge is 2.23. The second kappa shape index (κ2) is 8.85. The molecule has 8 heteroatoms. The quantitative estimate of drug-likeness (QED) is 0.429. The predicted octanol–water partition coefficient (Wildman–Crippen LogP) is 4.87. The Hall–Kier alpha value is -3.23. The van der Waals surface area contributed by atoms with Crippen LogP contribution in [0.4, 0.5) is 5.82 Å². The van der Waals surface area contributed by atoms with E-state index in [1.807, 2.05) is 54.8 Å². The van der Waals surface area contributed by atoms with Gasteiger partial charge in [-0.05, 0) is 49.9 Å². The standard InChI is InChI=1S/C26H29N5O2S/c1-17-8-6-7-11-21(17)23-16-31-24(15-28-26(31)25(27)29-23)22-14-20(13-12-18(22)2)34(32,33)30-19-9-4-3-5-10-19/h6-8,11-16,19,30H,3-5,9-10H2,1-2H3,(H2,27,29). The third-order valence-electron chi connectivity index (χ3n) is 6.66. The molecule has 0 radical (unpaired) electrons. The van der Waals surface area contributed by atoms with E-state index in [0.29, 0.717) is 11.5 Å². The first-order valence-electron chi connectivity index (χ1n) is 11.7. The molecule has 0 unspecified atom stereocenters. The molecule has 176 valence electrons. The van der Waals surface area contributed by atoms with E-state index in [1.54, 1.807) is 18.3 Å². The first-order chi connectivity index (χ1) is 16.3. The van der Waals surface area contributed by atoms with Crippen LogP contribution >= 0.6 is 0 Å². The molecule has 2 aromatic carbocycles. The van der Waals surface area contributed by atoms with E-state index in [2.05, 4.69) is 14.7 Å². The van der Waals surface area contributed by atoms with Crippen molar-refractivity contribution in [3.05, 3.63) is 66.0 Å². The summed E-state index contributed by atoms with van der Waals surface area (Å²) in [5, 5.41) is 0. The van der Waals surface area contributed by atoms with Gasteiger partial charge in [-0.3, -0.25) is 4.40 Å². The van der Waals surface area contributed by atoms with Crippen LogP contribution < -0.4 is 10.5 Å². The van der Waals surface area contributed by atoms with Gasteiger partial charge < -0.3 is 5.73 Å². The van der Waals surface area contributed by atoms with Crippen LogP contribution in [0.15, 0.2) is 59.8 Å². The summed E-state index contributed by atoms with van der Waals surface area (Å²) in [6.07, 6.45) is 8.71. The number of nitrogens with one attached hydrogen (secondary N) is 1. The van der Waals surface area contributed by atoms with Crippen molar-refractivity contribution in [3.63, 3.8) is 0 Å². The number of nitrogen functional groups attached to an aromatic ring is 1. The molecular weight excluding hydrogens is 446 g/mol. The largest absolute Gasteiger partial charge is 0.381 e. The number of sulfonamides is 1. The molecule has 2 aromatic heterocycles. The Bertz CT molecular complexity index is 1470. The van der Waals surface area contributed by atoms with E-state index in [9.17, 15) is 8.42 Å². The van der Waals surface area contributed by atoms with Crippen LogP contribution in [-0.2, 0) is 10.0 Å². The topological polar surface area (TPSA) is 102 Å². The molecule has 0 aliphatic heterocycles. The maximum Gasteiger partial charge on any atom is 0.240 e. The lowest BCUT2D eigenvalue weighted by Gasteiger charge is -2.22. The van der Waals surface area contributed by atoms with Crippen molar-refractivity contribution < 1.29 is 8.42 Å². The van der Waals surface area contributed by atoms with Gasteiger partial charge in [-0.1, -0.05) is 49.6 Å². The van der Waals surface area contributed by atoms with E-state index in [-0.39, 0.29) is 10.9 Å². The SMILES string of the molecule is Cc1ccccc1-c1cn2c(-c3cc(S(=O)(=O)NC4CCCCC4)ccc3C)cnc2c(N)n1. The van der Waals surface area contributed by atoms with E-state index in [0.717, 1.165) is 59.3 Å². The molecule has 5 rings (SSSR count). The highest BCUT2D eigenvalue weighted by molar-refractivity contribution is 7.89. The molecule has 0 amide bonds. The predicted molar refractivity (Wildman–Crippen MR) is 135 cm³/mol. The van der Waals surface area contributed by atoms with Crippen molar-refractivity contribution in [3.8, 4) is 22.5 Å². The lowest BCUT2D eigenvalue weighted by Crippen LogP contribution is -2.36. The molecule has 4 aromatic rings. The molecule has 0 spiro atoms. The van der Waals surface area contributed by atoms with E-state index in [4.69, 9.17) is 5.73 Å². The van der Waals surface area contributed by atoms with Crippen LogP contribution in [-0.4, -0.2) is 28.8 Å².